The summed E-state index contributed by atoms with van der Waals surface area (Å²) in [4.78, 5) is 22.2. The van der Waals surface area contributed by atoms with Crippen molar-refractivity contribution in [3.05, 3.63) is 40.5 Å². The van der Waals surface area contributed by atoms with E-state index in [-0.39, 0.29) is 5.56 Å². The molecule has 104 valence electrons. The van der Waals surface area contributed by atoms with Gasteiger partial charge in [-0.3, -0.25) is 0 Å². The zero-order chi connectivity index (χ0) is 14.7. The third kappa shape index (κ3) is 3.49. The molecule has 0 bridgehead atoms. The summed E-state index contributed by atoms with van der Waals surface area (Å²) in [6.07, 6.45) is 1.66. The van der Waals surface area contributed by atoms with E-state index in [4.69, 9.17) is 0 Å². The number of hydrogen-bond donors (Lipinski definition) is 1. The lowest BCUT2D eigenvalue weighted by Crippen LogP contribution is -2.12. The summed E-state index contributed by atoms with van der Waals surface area (Å²) in [6.45, 7) is 0. The molecule has 2 rings (SSSR count). The first-order chi connectivity index (χ1) is 9.47. The fourth-order valence-corrected chi connectivity index (χ4v) is 2.92. The van der Waals surface area contributed by atoms with Crippen molar-refractivity contribution in [2.24, 2.45) is 0 Å². The first kappa shape index (κ1) is 14.8. The summed E-state index contributed by atoms with van der Waals surface area (Å²) < 4.78 is 0.826. The number of nitrogens with zero attached hydrogens (tertiary/aromatic N) is 3. The molecular weight excluding hydrogens is 342 g/mol. The summed E-state index contributed by atoms with van der Waals surface area (Å²) >= 11 is 4.65. The molecule has 0 fully saturated rings. The van der Waals surface area contributed by atoms with Crippen molar-refractivity contribution in [2.75, 3.05) is 19.0 Å². The van der Waals surface area contributed by atoms with E-state index in [1.54, 1.807) is 35.4 Å². The van der Waals surface area contributed by atoms with E-state index < -0.39 is 5.97 Å². The smallest absolute Gasteiger partial charge is 0.336 e. The second-order valence-corrected chi connectivity index (χ2v) is 6.11. The predicted molar refractivity (Wildman–Crippen MR) is 81.6 cm³/mol. The minimum absolute atomic E-state index is 0.253. The maximum atomic E-state index is 11.2. The molecule has 2 aromatic rings. The Hall–Kier alpha value is -1.60. The molecule has 0 radical (unpaired) electrons. The van der Waals surface area contributed by atoms with Crippen LogP contribution >= 0.6 is 27.7 Å². The van der Waals surface area contributed by atoms with Crippen LogP contribution in [0.2, 0.25) is 0 Å². The van der Waals surface area contributed by atoms with Crippen LogP contribution in [0.25, 0.3) is 0 Å². The summed E-state index contributed by atoms with van der Waals surface area (Å²) in [5.41, 5.74) is 0.253. The molecule has 0 amide bonds. The van der Waals surface area contributed by atoms with Crippen LogP contribution in [-0.4, -0.2) is 35.1 Å². The summed E-state index contributed by atoms with van der Waals surface area (Å²) in [5, 5.41) is 9.91. The van der Waals surface area contributed by atoms with E-state index in [9.17, 15) is 9.90 Å². The highest BCUT2D eigenvalue weighted by atomic mass is 79.9. The lowest BCUT2D eigenvalue weighted by atomic mass is 10.2. The number of carbonyl (C=O) groups is 1. The number of halogens is 1. The number of carboxylic acid groups (broad SMARTS) is 1. The summed E-state index contributed by atoms with van der Waals surface area (Å²) in [7, 11) is 3.71. The molecule has 0 aliphatic carbocycles. The zero-order valence-corrected chi connectivity index (χ0v) is 13.3. The largest absolute Gasteiger partial charge is 0.478 e. The molecule has 0 spiro atoms. The molecule has 0 aliphatic heterocycles. The first-order valence-electron chi connectivity index (χ1n) is 5.68. The number of anilines is 1. The fourth-order valence-electron chi connectivity index (χ4n) is 1.47. The van der Waals surface area contributed by atoms with Gasteiger partial charge >= 0.3 is 5.97 Å². The third-order valence-electron chi connectivity index (χ3n) is 2.41. The van der Waals surface area contributed by atoms with E-state index in [1.807, 2.05) is 14.1 Å². The van der Waals surface area contributed by atoms with Gasteiger partial charge in [0.2, 0.25) is 5.95 Å². The average Bonchev–Trinajstić information content (AvgIpc) is 2.38. The van der Waals surface area contributed by atoms with Crippen molar-refractivity contribution >= 4 is 39.6 Å². The molecule has 0 aliphatic rings. The van der Waals surface area contributed by atoms with Gasteiger partial charge < -0.3 is 10.0 Å². The fraction of sp³-hybridized carbons (Fsp3) is 0.154. The van der Waals surface area contributed by atoms with Gasteiger partial charge in [-0.1, -0.05) is 27.7 Å². The molecule has 1 aromatic carbocycles. The van der Waals surface area contributed by atoms with E-state index >= 15 is 0 Å². The van der Waals surface area contributed by atoms with Gasteiger partial charge in [0.25, 0.3) is 0 Å². The second kappa shape index (κ2) is 6.23. The lowest BCUT2D eigenvalue weighted by Gasteiger charge is -2.11. The Balaban J connectivity index is 2.36. The molecular formula is C13H12BrN3O2S. The Morgan fingerprint density at radius 3 is 2.75 bits per heavy atom. The summed E-state index contributed by atoms with van der Waals surface area (Å²) in [6, 6.07) is 6.80. The van der Waals surface area contributed by atoms with Gasteiger partial charge in [0.1, 0.15) is 5.03 Å². The van der Waals surface area contributed by atoms with Crippen LogP contribution in [0, 0.1) is 0 Å². The number of carboxylic acids is 1. The van der Waals surface area contributed by atoms with E-state index in [1.165, 1.54) is 11.8 Å². The van der Waals surface area contributed by atoms with Gasteiger partial charge in [-0.05, 0) is 24.3 Å². The maximum absolute atomic E-state index is 11.2. The van der Waals surface area contributed by atoms with E-state index in [2.05, 4.69) is 25.9 Å². The van der Waals surface area contributed by atoms with Crippen LogP contribution in [0.1, 0.15) is 10.4 Å². The molecule has 5 nitrogen and oxygen atoms in total. The van der Waals surface area contributed by atoms with Gasteiger partial charge in [0.15, 0.2) is 0 Å². The molecule has 20 heavy (non-hydrogen) atoms. The number of aromatic nitrogens is 2. The van der Waals surface area contributed by atoms with Crippen molar-refractivity contribution in [1.29, 1.82) is 0 Å². The highest BCUT2D eigenvalue weighted by molar-refractivity contribution is 9.10. The van der Waals surface area contributed by atoms with Crippen LogP contribution < -0.4 is 4.90 Å². The Labute approximate surface area is 129 Å². The van der Waals surface area contributed by atoms with Crippen molar-refractivity contribution < 1.29 is 9.90 Å². The number of rotatable bonds is 4. The quantitative estimate of drug-likeness (QED) is 0.851. The van der Waals surface area contributed by atoms with E-state index in [0.29, 0.717) is 15.9 Å². The van der Waals surface area contributed by atoms with E-state index in [0.717, 1.165) is 4.47 Å². The van der Waals surface area contributed by atoms with Gasteiger partial charge in [0, 0.05) is 29.7 Å². The van der Waals surface area contributed by atoms with Crippen molar-refractivity contribution in [2.45, 2.75) is 9.92 Å². The SMILES string of the molecule is CN(C)c1nccc(Sc2cc(Br)ccc2C(=O)O)n1. The highest BCUT2D eigenvalue weighted by Gasteiger charge is 2.13. The Bertz CT molecular complexity index is 649. The number of hydrogen-bond acceptors (Lipinski definition) is 5. The number of aromatic carboxylic acids is 1. The van der Waals surface area contributed by atoms with Crippen molar-refractivity contribution in [3.63, 3.8) is 0 Å². The molecule has 0 atom stereocenters. The molecule has 0 saturated carbocycles. The standard InChI is InChI=1S/C13H12BrN3O2S/c1-17(2)13-15-6-5-11(16-13)20-10-7-8(14)3-4-9(10)12(18)19/h3-7H,1-2H3,(H,18,19). The Kier molecular flexibility index (Phi) is 4.61. The second-order valence-electron chi connectivity index (χ2n) is 4.14. The van der Waals surface area contributed by atoms with Gasteiger partial charge in [-0.2, -0.15) is 0 Å². The minimum Gasteiger partial charge on any atom is -0.478 e. The van der Waals surface area contributed by atoms with Crippen molar-refractivity contribution in [3.8, 4) is 0 Å². The van der Waals surface area contributed by atoms with Gasteiger partial charge in [0.05, 0.1) is 5.56 Å². The van der Waals surface area contributed by atoms with Crippen LogP contribution in [-0.2, 0) is 0 Å². The minimum atomic E-state index is -0.957. The van der Waals surface area contributed by atoms with Gasteiger partial charge in [-0.15, -0.1) is 0 Å². The summed E-state index contributed by atoms with van der Waals surface area (Å²) in [5.74, 6) is -0.372. The Morgan fingerprint density at radius 2 is 2.10 bits per heavy atom. The molecule has 0 unspecified atom stereocenters. The molecule has 0 saturated heterocycles. The lowest BCUT2D eigenvalue weighted by molar-refractivity contribution is 0.0693. The predicted octanol–water partition coefficient (Wildman–Crippen LogP) is 3.15. The monoisotopic (exact) mass is 353 g/mol. The third-order valence-corrected chi connectivity index (χ3v) is 3.89. The maximum Gasteiger partial charge on any atom is 0.336 e. The molecule has 1 heterocycles. The normalized spacial score (nSPS) is 10.3. The first-order valence-corrected chi connectivity index (χ1v) is 7.29. The van der Waals surface area contributed by atoms with Crippen molar-refractivity contribution in [1.82, 2.24) is 9.97 Å². The van der Waals surface area contributed by atoms with Crippen LogP contribution in [0.5, 0.6) is 0 Å². The number of benzene rings is 1. The zero-order valence-electron chi connectivity index (χ0n) is 10.9. The topological polar surface area (TPSA) is 66.3 Å². The highest BCUT2D eigenvalue weighted by Crippen LogP contribution is 2.32. The van der Waals surface area contributed by atoms with Crippen LogP contribution in [0.15, 0.2) is 44.9 Å². The average molecular weight is 354 g/mol. The van der Waals surface area contributed by atoms with Gasteiger partial charge in [-0.25, -0.2) is 14.8 Å². The molecule has 7 heteroatoms. The van der Waals surface area contributed by atoms with Crippen LogP contribution in [0.3, 0.4) is 0 Å². The van der Waals surface area contributed by atoms with Crippen LogP contribution in [0.4, 0.5) is 5.95 Å². The molecule has 1 aromatic heterocycles. The molecule has 1 N–H and O–H groups in total. The Morgan fingerprint density at radius 1 is 1.35 bits per heavy atom.